The van der Waals surface area contributed by atoms with Crippen LogP contribution in [0.15, 0.2) is 17.0 Å². The molecule has 0 aliphatic carbocycles. The maximum absolute atomic E-state index is 13.6. The molecule has 1 fully saturated rings. The quantitative estimate of drug-likeness (QED) is 0.839. The zero-order valence-corrected chi connectivity index (χ0v) is 13.6. The average Bonchev–Trinajstić information content (AvgIpc) is 2.40. The van der Waals surface area contributed by atoms with Crippen LogP contribution < -0.4 is 5.73 Å². The van der Waals surface area contributed by atoms with Crippen molar-refractivity contribution in [3.05, 3.63) is 23.5 Å². The molecule has 1 heterocycles. The highest BCUT2D eigenvalue weighted by Crippen LogP contribution is 2.26. The molecule has 7 heteroatoms. The molecule has 0 spiro atoms. The predicted octanol–water partition coefficient (Wildman–Crippen LogP) is 1.43. The minimum atomic E-state index is -3.65. The lowest BCUT2D eigenvalue weighted by atomic mass is 10.1. The second kappa shape index (κ2) is 5.55. The van der Waals surface area contributed by atoms with E-state index in [0.717, 1.165) is 0 Å². The minimum Gasteiger partial charge on any atom is -0.396 e. The molecule has 1 aliphatic rings. The van der Waals surface area contributed by atoms with E-state index >= 15 is 0 Å². The van der Waals surface area contributed by atoms with Crippen LogP contribution in [0.4, 0.5) is 10.1 Å². The zero-order chi connectivity index (χ0) is 15.9. The van der Waals surface area contributed by atoms with Crippen LogP contribution in [0.1, 0.15) is 19.4 Å². The minimum absolute atomic E-state index is 0.0582. The first-order valence-electron chi connectivity index (χ1n) is 6.92. The third kappa shape index (κ3) is 2.90. The van der Waals surface area contributed by atoms with Gasteiger partial charge in [0.05, 0.1) is 10.6 Å². The summed E-state index contributed by atoms with van der Waals surface area (Å²) in [7, 11) is -1.67. The highest BCUT2D eigenvalue weighted by atomic mass is 32.2. The fourth-order valence-corrected chi connectivity index (χ4v) is 4.34. The summed E-state index contributed by atoms with van der Waals surface area (Å²) in [5.74, 6) is -0.561. The summed E-state index contributed by atoms with van der Waals surface area (Å²) < 4.78 is 40.5. The molecule has 21 heavy (non-hydrogen) atoms. The van der Waals surface area contributed by atoms with E-state index in [1.54, 1.807) is 0 Å². The third-order valence-corrected chi connectivity index (χ3v) is 6.03. The third-order valence-electron chi connectivity index (χ3n) is 4.22. The Morgan fingerprint density at radius 1 is 1.24 bits per heavy atom. The van der Waals surface area contributed by atoms with Gasteiger partial charge in [0.2, 0.25) is 10.0 Å². The number of sulfonamides is 1. The van der Waals surface area contributed by atoms with E-state index in [0.29, 0.717) is 13.1 Å². The van der Waals surface area contributed by atoms with Crippen molar-refractivity contribution in [2.75, 3.05) is 25.9 Å². The second-order valence-electron chi connectivity index (χ2n) is 5.83. The Bertz CT molecular complexity index is 613. The summed E-state index contributed by atoms with van der Waals surface area (Å²) in [6.07, 6.45) is 0. The number of rotatable bonds is 2. The van der Waals surface area contributed by atoms with E-state index in [1.165, 1.54) is 23.4 Å². The SMILES string of the molecule is Cc1cc(S(=O)(=O)N2CC(C)N(C)C(C)C2)cc(N)c1F. The first-order valence-corrected chi connectivity index (χ1v) is 8.36. The van der Waals surface area contributed by atoms with Crippen molar-refractivity contribution < 1.29 is 12.8 Å². The van der Waals surface area contributed by atoms with Gasteiger partial charge in [0, 0.05) is 25.2 Å². The molecule has 1 saturated heterocycles. The molecular formula is C14H22FN3O2S. The average molecular weight is 315 g/mol. The number of halogens is 1. The van der Waals surface area contributed by atoms with Crippen molar-refractivity contribution in [1.29, 1.82) is 0 Å². The van der Waals surface area contributed by atoms with Gasteiger partial charge in [0.1, 0.15) is 5.82 Å². The monoisotopic (exact) mass is 315 g/mol. The van der Waals surface area contributed by atoms with Gasteiger partial charge >= 0.3 is 0 Å². The lowest BCUT2D eigenvalue weighted by Gasteiger charge is -2.41. The van der Waals surface area contributed by atoms with Gasteiger partial charge in [0.15, 0.2) is 0 Å². The number of anilines is 1. The standard InChI is InChI=1S/C14H22FN3O2S/c1-9-5-12(6-13(16)14(9)15)21(19,20)18-7-10(2)17(4)11(3)8-18/h5-6,10-11H,7-8,16H2,1-4H3. The van der Waals surface area contributed by atoms with Crippen LogP contribution in [-0.2, 0) is 10.0 Å². The Kier molecular flexibility index (Phi) is 4.28. The molecule has 1 aliphatic heterocycles. The predicted molar refractivity (Wildman–Crippen MR) is 81.0 cm³/mol. The smallest absolute Gasteiger partial charge is 0.243 e. The lowest BCUT2D eigenvalue weighted by Crippen LogP contribution is -2.56. The largest absolute Gasteiger partial charge is 0.396 e. The topological polar surface area (TPSA) is 66.6 Å². The molecule has 0 amide bonds. The number of nitrogen functional groups attached to an aromatic ring is 1. The molecule has 0 saturated carbocycles. The fraction of sp³-hybridized carbons (Fsp3) is 0.571. The first-order chi connectivity index (χ1) is 9.64. The molecule has 0 aromatic heterocycles. The maximum atomic E-state index is 13.6. The lowest BCUT2D eigenvalue weighted by molar-refractivity contribution is 0.105. The van der Waals surface area contributed by atoms with Crippen LogP contribution in [-0.4, -0.2) is 49.8 Å². The number of hydrogen-bond donors (Lipinski definition) is 1. The van der Waals surface area contributed by atoms with Crippen LogP contribution in [0.2, 0.25) is 0 Å². The molecule has 1 aromatic carbocycles. The van der Waals surface area contributed by atoms with Crippen LogP contribution in [0.25, 0.3) is 0 Å². The summed E-state index contributed by atoms with van der Waals surface area (Å²) in [6, 6.07) is 2.80. The molecule has 2 N–H and O–H groups in total. The van der Waals surface area contributed by atoms with Crippen LogP contribution in [0.3, 0.4) is 0 Å². The van der Waals surface area contributed by atoms with Gasteiger partial charge in [-0.15, -0.1) is 0 Å². The van der Waals surface area contributed by atoms with Gasteiger partial charge in [-0.05, 0) is 45.5 Å². The zero-order valence-electron chi connectivity index (χ0n) is 12.8. The Labute approximate surface area is 125 Å². The Morgan fingerprint density at radius 3 is 2.24 bits per heavy atom. The number of likely N-dealkylation sites (N-methyl/N-ethyl adjacent to an activating group) is 1. The van der Waals surface area contributed by atoms with Crippen molar-refractivity contribution >= 4 is 15.7 Å². The van der Waals surface area contributed by atoms with Gasteiger partial charge in [-0.1, -0.05) is 0 Å². The fourth-order valence-electron chi connectivity index (χ4n) is 2.61. The molecule has 2 rings (SSSR count). The van der Waals surface area contributed by atoms with Crippen molar-refractivity contribution in [3.8, 4) is 0 Å². The van der Waals surface area contributed by atoms with Gasteiger partial charge in [-0.3, -0.25) is 4.90 Å². The first kappa shape index (κ1) is 16.2. The Balaban J connectivity index is 2.39. The number of aryl methyl sites for hydroxylation is 1. The van der Waals surface area contributed by atoms with E-state index in [9.17, 15) is 12.8 Å². The van der Waals surface area contributed by atoms with Gasteiger partial charge in [-0.2, -0.15) is 4.31 Å². The number of nitrogens with two attached hydrogens (primary N) is 1. The van der Waals surface area contributed by atoms with Crippen molar-refractivity contribution in [2.24, 2.45) is 0 Å². The van der Waals surface area contributed by atoms with Crippen LogP contribution >= 0.6 is 0 Å². The van der Waals surface area contributed by atoms with Crippen LogP contribution in [0.5, 0.6) is 0 Å². The number of piperazine rings is 1. The van der Waals surface area contributed by atoms with Crippen molar-refractivity contribution in [1.82, 2.24) is 9.21 Å². The molecule has 118 valence electrons. The number of benzene rings is 1. The highest BCUT2D eigenvalue weighted by Gasteiger charge is 2.34. The summed E-state index contributed by atoms with van der Waals surface area (Å²) in [5, 5.41) is 0. The molecule has 5 nitrogen and oxygen atoms in total. The molecule has 1 aromatic rings. The van der Waals surface area contributed by atoms with E-state index in [1.807, 2.05) is 20.9 Å². The van der Waals surface area contributed by atoms with E-state index < -0.39 is 15.8 Å². The normalized spacial score (nSPS) is 25.2. The molecule has 2 atom stereocenters. The summed E-state index contributed by atoms with van der Waals surface area (Å²) in [6.45, 7) is 6.32. The Hall–Kier alpha value is -1.18. The van der Waals surface area contributed by atoms with Gasteiger partial charge in [-0.25, -0.2) is 12.8 Å². The number of hydrogen-bond acceptors (Lipinski definition) is 4. The summed E-state index contributed by atoms with van der Waals surface area (Å²) in [4.78, 5) is 2.21. The Morgan fingerprint density at radius 2 is 1.76 bits per heavy atom. The number of nitrogens with zero attached hydrogens (tertiary/aromatic N) is 2. The van der Waals surface area contributed by atoms with E-state index in [2.05, 4.69) is 4.90 Å². The van der Waals surface area contributed by atoms with E-state index in [4.69, 9.17) is 5.73 Å². The highest BCUT2D eigenvalue weighted by molar-refractivity contribution is 7.89. The molecular weight excluding hydrogens is 293 g/mol. The summed E-state index contributed by atoms with van der Waals surface area (Å²) in [5.41, 5.74) is 5.66. The van der Waals surface area contributed by atoms with Gasteiger partial charge < -0.3 is 5.73 Å². The molecule has 0 radical (unpaired) electrons. The van der Waals surface area contributed by atoms with Crippen LogP contribution in [0, 0.1) is 12.7 Å². The molecule has 0 bridgehead atoms. The summed E-state index contributed by atoms with van der Waals surface area (Å²) >= 11 is 0. The second-order valence-corrected chi connectivity index (χ2v) is 7.77. The van der Waals surface area contributed by atoms with E-state index in [-0.39, 0.29) is 28.2 Å². The van der Waals surface area contributed by atoms with Crippen molar-refractivity contribution in [3.63, 3.8) is 0 Å². The maximum Gasteiger partial charge on any atom is 0.243 e. The molecule has 2 unspecified atom stereocenters. The van der Waals surface area contributed by atoms with Crippen molar-refractivity contribution in [2.45, 2.75) is 37.8 Å². The van der Waals surface area contributed by atoms with Gasteiger partial charge in [0.25, 0.3) is 0 Å².